The molecule has 7 nitrogen and oxygen atoms in total. The molecule has 0 spiro atoms. The molecule has 2 N–H and O–H groups in total. The zero-order chi connectivity index (χ0) is 18.7. The first kappa shape index (κ1) is 18.0. The van der Waals surface area contributed by atoms with Crippen molar-refractivity contribution < 1.29 is 9.59 Å². The van der Waals surface area contributed by atoms with Gasteiger partial charge < -0.3 is 19.8 Å². The van der Waals surface area contributed by atoms with Gasteiger partial charge in [-0.1, -0.05) is 6.07 Å². The van der Waals surface area contributed by atoms with Crippen molar-refractivity contribution in [1.29, 1.82) is 0 Å². The summed E-state index contributed by atoms with van der Waals surface area (Å²) in [6, 6.07) is 6.86. The minimum absolute atomic E-state index is 0.0204. The number of aromatic amines is 1. The predicted octanol–water partition coefficient (Wildman–Crippen LogP) is 1.72. The second-order valence-corrected chi connectivity index (χ2v) is 6.67. The number of nitrogens with one attached hydrogen (secondary N) is 2. The molecule has 138 valence electrons. The van der Waals surface area contributed by atoms with Crippen molar-refractivity contribution in [1.82, 2.24) is 19.8 Å². The van der Waals surface area contributed by atoms with E-state index in [4.69, 9.17) is 0 Å². The van der Waals surface area contributed by atoms with Crippen LogP contribution >= 0.6 is 0 Å². The molecule has 0 radical (unpaired) electrons. The topological polar surface area (TPSA) is 87.2 Å². The van der Waals surface area contributed by atoms with Crippen LogP contribution < -0.4 is 10.9 Å². The number of carbonyl (C=O) groups excluding carboxylic acids is 2. The number of H-pyrrole nitrogens is 1. The molecule has 7 heteroatoms. The molecule has 26 heavy (non-hydrogen) atoms. The van der Waals surface area contributed by atoms with E-state index in [2.05, 4.69) is 10.3 Å². The number of nitrogens with zero attached hydrogens (tertiary/aromatic N) is 2. The summed E-state index contributed by atoms with van der Waals surface area (Å²) < 4.78 is 1.87. The highest BCUT2D eigenvalue weighted by Crippen LogP contribution is 2.31. The lowest BCUT2D eigenvalue weighted by Crippen LogP contribution is -2.38. The van der Waals surface area contributed by atoms with E-state index in [0.29, 0.717) is 12.2 Å². The van der Waals surface area contributed by atoms with Crippen molar-refractivity contribution in [2.75, 3.05) is 6.54 Å². The van der Waals surface area contributed by atoms with Crippen LogP contribution in [0.4, 0.5) is 0 Å². The van der Waals surface area contributed by atoms with Crippen LogP contribution in [0, 0.1) is 0 Å². The molecular weight excluding hydrogens is 332 g/mol. The third-order valence-electron chi connectivity index (χ3n) is 4.94. The van der Waals surface area contributed by atoms with Gasteiger partial charge in [0.2, 0.25) is 11.5 Å². The Morgan fingerprint density at radius 1 is 1.23 bits per heavy atom. The van der Waals surface area contributed by atoms with Crippen LogP contribution in [-0.2, 0) is 18.4 Å². The monoisotopic (exact) mass is 356 g/mol. The highest BCUT2D eigenvalue weighted by atomic mass is 16.2. The average molecular weight is 356 g/mol. The number of amides is 2. The van der Waals surface area contributed by atoms with E-state index >= 15 is 0 Å². The van der Waals surface area contributed by atoms with Crippen molar-refractivity contribution in [2.24, 2.45) is 7.05 Å². The number of pyridine rings is 1. The number of likely N-dealkylation sites (tertiary alicyclic amines) is 1. The van der Waals surface area contributed by atoms with E-state index < -0.39 is 0 Å². The van der Waals surface area contributed by atoms with Gasteiger partial charge in [0.1, 0.15) is 5.69 Å². The quantitative estimate of drug-likeness (QED) is 0.874. The Morgan fingerprint density at radius 2 is 2.04 bits per heavy atom. The smallest absolute Gasteiger partial charge is 0.268 e. The zero-order valence-electron chi connectivity index (χ0n) is 15.1. The van der Waals surface area contributed by atoms with Crippen molar-refractivity contribution in [3.05, 3.63) is 57.8 Å². The second kappa shape index (κ2) is 7.59. The summed E-state index contributed by atoms with van der Waals surface area (Å²) in [5, 5.41) is 2.86. The summed E-state index contributed by atoms with van der Waals surface area (Å²) in [5.41, 5.74) is 2.18. The van der Waals surface area contributed by atoms with E-state index in [0.717, 1.165) is 37.1 Å². The first-order chi connectivity index (χ1) is 12.5. The molecule has 2 amide bonds. The van der Waals surface area contributed by atoms with Gasteiger partial charge in [0.15, 0.2) is 0 Å². The lowest BCUT2D eigenvalue weighted by atomic mass is 9.99. The van der Waals surface area contributed by atoms with E-state index in [1.54, 1.807) is 25.3 Å². The van der Waals surface area contributed by atoms with Crippen molar-refractivity contribution >= 4 is 11.8 Å². The Kier molecular flexibility index (Phi) is 5.25. The molecule has 3 rings (SSSR count). The molecule has 0 bridgehead atoms. The average Bonchev–Trinajstić information content (AvgIpc) is 3.02. The van der Waals surface area contributed by atoms with Crippen LogP contribution in [0.1, 0.15) is 54.0 Å². The highest BCUT2D eigenvalue weighted by molar-refractivity contribution is 5.92. The van der Waals surface area contributed by atoms with E-state index in [1.807, 2.05) is 22.6 Å². The Bertz CT molecular complexity index is 847. The number of carbonyl (C=O) groups is 2. The second-order valence-electron chi connectivity index (χ2n) is 6.67. The van der Waals surface area contributed by atoms with Gasteiger partial charge in [-0.05, 0) is 37.0 Å². The summed E-state index contributed by atoms with van der Waals surface area (Å²) in [4.78, 5) is 40.0. The Balaban J connectivity index is 1.73. The summed E-state index contributed by atoms with van der Waals surface area (Å²) in [5.74, 6) is -0.116. The molecule has 0 saturated carbocycles. The van der Waals surface area contributed by atoms with E-state index in [1.165, 1.54) is 6.07 Å². The van der Waals surface area contributed by atoms with Crippen LogP contribution in [-0.4, -0.2) is 32.8 Å². The van der Waals surface area contributed by atoms with E-state index in [9.17, 15) is 14.4 Å². The normalized spacial score (nSPS) is 17.2. The minimum atomic E-state index is -0.185. The van der Waals surface area contributed by atoms with Gasteiger partial charge in [0, 0.05) is 45.0 Å². The standard InChI is InChI=1S/C19H24N4O3/c1-13(24)23-10-4-3-5-16(23)15-7-8-17(22(15)2)19(26)21-12-14-6-9-18(25)20-11-14/h6-9,11,16H,3-5,10,12H2,1-2H3,(H,20,25)(H,21,26)/t16-/m1/s1. The number of piperidine rings is 1. The van der Waals surface area contributed by atoms with Crippen LogP contribution in [0.25, 0.3) is 0 Å². The SMILES string of the molecule is CC(=O)N1CCCC[C@@H]1c1ccc(C(=O)NCc2ccc(=O)[nH]c2)n1C. The van der Waals surface area contributed by atoms with Crippen molar-refractivity contribution in [3.63, 3.8) is 0 Å². The summed E-state index contributed by atoms with van der Waals surface area (Å²) in [7, 11) is 1.86. The Morgan fingerprint density at radius 3 is 2.73 bits per heavy atom. The first-order valence-electron chi connectivity index (χ1n) is 8.86. The summed E-state index contributed by atoms with van der Waals surface area (Å²) in [6.45, 7) is 2.69. The fraction of sp³-hybridized carbons (Fsp3) is 0.421. The third kappa shape index (κ3) is 3.71. The minimum Gasteiger partial charge on any atom is -0.347 e. The predicted molar refractivity (Wildman–Crippen MR) is 97.6 cm³/mol. The van der Waals surface area contributed by atoms with Crippen LogP contribution in [0.15, 0.2) is 35.3 Å². The van der Waals surface area contributed by atoms with E-state index in [-0.39, 0.29) is 23.4 Å². The molecule has 2 aromatic heterocycles. The number of hydrogen-bond acceptors (Lipinski definition) is 3. The maximum absolute atomic E-state index is 12.5. The molecule has 0 aliphatic carbocycles. The molecular formula is C19H24N4O3. The fourth-order valence-corrected chi connectivity index (χ4v) is 3.53. The summed E-state index contributed by atoms with van der Waals surface area (Å²) in [6.07, 6.45) is 4.60. The number of rotatable bonds is 4. The van der Waals surface area contributed by atoms with Crippen molar-refractivity contribution in [2.45, 2.75) is 38.8 Å². The molecule has 2 aromatic rings. The van der Waals surface area contributed by atoms with Crippen LogP contribution in [0.2, 0.25) is 0 Å². The lowest BCUT2D eigenvalue weighted by molar-refractivity contribution is -0.132. The maximum atomic E-state index is 12.5. The molecule has 1 aliphatic heterocycles. The van der Waals surface area contributed by atoms with Gasteiger partial charge in [-0.3, -0.25) is 14.4 Å². The Labute approximate surface area is 152 Å². The first-order valence-corrected chi connectivity index (χ1v) is 8.86. The number of aromatic nitrogens is 2. The molecule has 1 saturated heterocycles. The van der Waals surface area contributed by atoms with Crippen molar-refractivity contribution in [3.8, 4) is 0 Å². The van der Waals surface area contributed by atoms with Gasteiger partial charge in [0.25, 0.3) is 5.91 Å². The highest BCUT2D eigenvalue weighted by Gasteiger charge is 2.28. The fourth-order valence-electron chi connectivity index (χ4n) is 3.53. The Hall–Kier alpha value is -2.83. The molecule has 3 heterocycles. The van der Waals surface area contributed by atoms with Gasteiger partial charge >= 0.3 is 0 Å². The largest absolute Gasteiger partial charge is 0.347 e. The van der Waals surface area contributed by atoms with Gasteiger partial charge in [-0.25, -0.2) is 0 Å². The van der Waals surface area contributed by atoms with Crippen LogP contribution in [0.3, 0.4) is 0 Å². The lowest BCUT2D eigenvalue weighted by Gasteiger charge is -2.35. The van der Waals surface area contributed by atoms with Crippen LogP contribution in [0.5, 0.6) is 0 Å². The molecule has 0 aromatic carbocycles. The molecule has 1 atom stereocenters. The molecule has 0 unspecified atom stereocenters. The van der Waals surface area contributed by atoms with Gasteiger partial charge in [-0.15, -0.1) is 0 Å². The number of hydrogen-bond donors (Lipinski definition) is 2. The van der Waals surface area contributed by atoms with Gasteiger partial charge in [0.05, 0.1) is 6.04 Å². The molecule has 1 fully saturated rings. The third-order valence-corrected chi connectivity index (χ3v) is 4.94. The maximum Gasteiger partial charge on any atom is 0.268 e. The molecule has 1 aliphatic rings. The van der Waals surface area contributed by atoms with Gasteiger partial charge in [-0.2, -0.15) is 0 Å². The zero-order valence-corrected chi connectivity index (χ0v) is 15.1. The summed E-state index contributed by atoms with van der Waals surface area (Å²) >= 11 is 0.